The molecule has 2 rings (SSSR count). The van der Waals surface area contributed by atoms with Gasteiger partial charge in [0.25, 0.3) is 5.91 Å². The number of rotatable bonds is 5. The van der Waals surface area contributed by atoms with E-state index in [2.05, 4.69) is 15.2 Å². The summed E-state index contributed by atoms with van der Waals surface area (Å²) in [6.07, 6.45) is -4.78. The first kappa shape index (κ1) is 18.3. The Balaban J connectivity index is 1.90. The Morgan fingerprint density at radius 2 is 1.92 bits per heavy atom. The smallest absolute Gasteiger partial charge is 0.406 e. The van der Waals surface area contributed by atoms with Gasteiger partial charge >= 0.3 is 6.36 Å². The molecule has 1 heterocycles. The average molecular weight is 357 g/mol. The first-order valence-electron chi connectivity index (χ1n) is 6.98. The Bertz CT molecular complexity index is 756. The molecule has 7 nitrogen and oxygen atoms in total. The Morgan fingerprint density at radius 3 is 2.44 bits per heavy atom. The van der Waals surface area contributed by atoms with Gasteiger partial charge in [-0.25, -0.2) is 0 Å². The van der Waals surface area contributed by atoms with E-state index >= 15 is 0 Å². The van der Waals surface area contributed by atoms with Crippen LogP contribution in [0.2, 0.25) is 0 Å². The molecule has 0 fully saturated rings. The molecule has 0 aliphatic carbocycles. The van der Waals surface area contributed by atoms with Crippen molar-refractivity contribution in [1.82, 2.24) is 10.1 Å². The third-order valence-electron chi connectivity index (χ3n) is 2.95. The summed E-state index contributed by atoms with van der Waals surface area (Å²) in [4.78, 5) is 25.1. The van der Waals surface area contributed by atoms with Gasteiger partial charge in [-0.2, -0.15) is 0 Å². The zero-order valence-electron chi connectivity index (χ0n) is 13.3. The predicted octanol–water partition coefficient (Wildman–Crippen LogP) is 2.59. The number of ether oxygens (including phenoxy) is 1. The van der Waals surface area contributed by atoms with Crippen molar-refractivity contribution in [3.05, 3.63) is 41.8 Å². The third-order valence-corrected chi connectivity index (χ3v) is 2.95. The van der Waals surface area contributed by atoms with Crippen molar-refractivity contribution in [3.8, 4) is 5.75 Å². The van der Waals surface area contributed by atoms with E-state index in [0.717, 1.165) is 17.0 Å². The standard InChI is InChI=1S/C15H14F3N3O4/c1-9-7-12(20-25-9)14(23)21(2)8-13(22)19-10-3-5-11(6-4-10)24-15(16,17)18/h3-7H,8H2,1-2H3,(H,19,22). The average Bonchev–Trinajstić information content (AvgIpc) is 2.93. The van der Waals surface area contributed by atoms with Gasteiger partial charge in [0, 0.05) is 18.8 Å². The molecule has 1 aromatic heterocycles. The number of aryl methyl sites for hydroxylation is 1. The van der Waals surface area contributed by atoms with Crippen LogP contribution in [0.25, 0.3) is 0 Å². The second-order valence-electron chi connectivity index (χ2n) is 5.10. The van der Waals surface area contributed by atoms with Gasteiger partial charge in [-0.05, 0) is 31.2 Å². The van der Waals surface area contributed by atoms with E-state index in [1.807, 2.05) is 0 Å². The molecule has 25 heavy (non-hydrogen) atoms. The van der Waals surface area contributed by atoms with Gasteiger partial charge in [-0.15, -0.1) is 13.2 Å². The minimum absolute atomic E-state index is 0.0708. The maximum atomic E-state index is 12.1. The number of hydrogen-bond acceptors (Lipinski definition) is 5. The minimum atomic E-state index is -4.78. The number of carbonyl (C=O) groups is 2. The molecule has 0 aliphatic rings. The van der Waals surface area contributed by atoms with Crippen LogP contribution in [-0.2, 0) is 4.79 Å². The van der Waals surface area contributed by atoms with Crippen LogP contribution in [0.1, 0.15) is 16.2 Å². The summed E-state index contributed by atoms with van der Waals surface area (Å²) in [5.41, 5.74) is 0.333. The van der Waals surface area contributed by atoms with E-state index in [4.69, 9.17) is 4.52 Å². The highest BCUT2D eigenvalue weighted by Gasteiger charge is 2.31. The zero-order chi connectivity index (χ0) is 18.6. The molecule has 10 heteroatoms. The van der Waals surface area contributed by atoms with E-state index in [0.29, 0.717) is 5.76 Å². The van der Waals surface area contributed by atoms with Crippen molar-refractivity contribution in [1.29, 1.82) is 0 Å². The van der Waals surface area contributed by atoms with E-state index < -0.39 is 23.9 Å². The fraction of sp³-hybridized carbons (Fsp3) is 0.267. The SMILES string of the molecule is Cc1cc(C(=O)N(C)CC(=O)Nc2ccc(OC(F)(F)F)cc2)no1. The van der Waals surface area contributed by atoms with Gasteiger partial charge in [0.15, 0.2) is 5.69 Å². The predicted molar refractivity (Wildman–Crippen MR) is 80.0 cm³/mol. The number of nitrogens with one attached hydrogen (secondary N) is 1. The third kappa shape index (κ3) is 5.52. The Kier molecular flexibility index (Phi) is 5.30. The summed E-state index contributed by atoms with van der Waals surface area (Å²) in [7, 11) is 1.41. The van der Waals surface area contributed by atoms with Crippen molar-refractivity contribution in [2.75, 3.05) is 18.9 Å². The number of alkyl halides is 3. The van der Waals surface area contributed by atoms with E-state index in [1.54, 1.807) is 6.92 Å². The molecule has 134 valence electrons. The van der Waals surface area contributed by atoms with Crippen molar-refractivity contribution < 1.29 is 32.0 Å². The van der Waals surface area contributed by atoms with Crippen molar-refractivity contribution >= 4 is 17.5 Å². The number of aromatic nitrogens is 1. The van der Waals surface area contributed by atoms with Crippen LogP contribution in [0.15, 0.2) is 34.9 Å². The van der Waals surface area contributed by atoms with Gasteiger partial charge in [-0.1, -0.05) is 5.16 Å². The lowest BCUT2D eigenvalue weighted by atomic mass is 10.3. The first-order chi connectivity index (χ1) is 11.6. The Hall–Kier alpha value is -3.04. The topological polar surface area (TPSA) is 84.7 Å². The Labute approximate surface area is 140 Å². The summed E-state index contributed by atoms with van der Waals surface area (Å²) in [6.45, 7) is 1.36. The molecular formula is C15H14F3N3O4. The van der Waals surface area contributed by atoms with Gasteiger partial charge in [-0.3, -0.25) is 9.59 Å². The number of benzene rings is 1. The molecule has 0 unspecified atom stereocenters. The number of hydrogen-bond donors (Lipinski definition) is 1. The van der Waals surface area contributed by atoms with E-state index in [9.17, 15) is 22.8 Å². The number of anilines is 1. The fourth-order valence-electron chi connectivity index (χ4n) is 1.89. The lowest BCUT2D eigenvalue weighted by Crippen LogP contribution is -2.35. The van der Waals surface area contributed by atoms with Crippen LogP contribution < -0.4 is 10.1 Å². The van der Waals surface area contributed by atoms with Crippen molar-refractivity contribution in [2.24, 2.45) is 0 Å². The summed E-state index contributed by atoms with van der Waals surface area (Å²) >= 11 is 0. The van der Waals surface area contributed by atoms with Crippen LogP contribution in [0.4, 0.5) is 18.9 Å². The normalized spacial score (nSPS) is 11.1. The molecule has 0 saturated carbocycles. The van der Waals surface area contributed by atoms with Gasteiger partial charge in [0.2, 0.25) is 5.91 Å². The molecular weight excluding hydrogens is 343 g/mol. The maximum Gasteiger partial charge on any atom is 0.573 e. The molecule has 2 amide bonds. The minimum Gasteiger partial charge on any atom is -0.406 e. The van der Waals surface area contributed by atoms with Crippen LogP contribution in [0.3, 0.4) is 0 Å². The highest BCUT2D eigenvalue weighted by Crippen LogP contribution is 2.23. The molecule has 0 aliphatic heterocycles. The lowest BCUT2D eigenvalue weighted by molar-refractivity contribution is -0.274. The van der Waals surface area contributed by atoms with Crippen LogP contribution >= 0.6 is 0 Å². The molecule has 0 radical (unpaired) electrons. The van der Waals surface area contributed by atoms with Gasteiger partial charge in [0.1, 0.15) is 11.5 Å². The maximum absolute atomic E-state index is 12.1. The van der Waals surface area contributed by atoms with E-state index in [1.165, 1.54) is 25.2 Å². The largest absolute Gasteiger partial charge is 0.573 e. The van der Waals surface area contributed by atoms with Crippen LogP contribution in [0.5, 0.6) is 5.75 Å². The number of amides is 2. The number of halogens is 3. The molecule has 0 atom stereocenters. The number of nitrogens with zero attached hydrogens (tertiary/aromatic N) is 2. The second kappa shape index (κ2) is 7.24. The summed E-state index contributed by atoms with van der Waals surface area (Å²) in [5, 5.41) is 6.02. The molecule has 1 aromatic carbocycles. The zero-order valence-corrected chi connectivity index (χ0v) is 13.3. The van der Waals surface area contributed by atoms with E-state index in [-0.39, 0.29) is 17.9 Å². The molecule has 0 spiro atoms. The summed E-state index contributed by atoms with van der Waals surface area (Å²) in [6, 6.07) is 6.08. The summed E-state index contributed by atoms with van der Waals surface area (Å²) < 4.78 is 44.7. The molecule has 0 bridgehead atoms. The van der Waals surface area contributed by atoms with Crippen LogP contribution in [0, 0.1) is 6.92 Å². The summed E-state index contributed by atoms with van der Waals surface area (Å²) in [5.74, 6) is -0.969. The Morgan fingerprint density at radius 1 is 1.28 bits per heavy atom. The molecule has 0 saturated heterocycles. The van der Waals surface area contributed by atoms with Crippen LogP contribution in [-0.4, -0.2) is 41.8 Å². The van der Waals surface area contributed by atoms with Gasteiger partial charge in [0.05, 0.1) is 6.54 Å². The van der Waals surface area contributed by atoms with Gasteiger partial charge < -0.3 is 19.5 Å². The first-order valence-corrected chi connectivity index (χ1v) is 6.98. The quantitative estimate of drug-likeness (QED) is 0.889. The highest BCUT2D eigenvalue weighted by molar-refractivity contribution is 5.98. The number of carbonyl (C=O) groups excluding carboxylic acids is 2. The lowest BCUT2D eigenvalue weighted by Gasteiger charge is -2.15. The highest BCUT2D eigenvalue weighted by atomic mass is 19.4. The number of likely N-dealkylation sites (N-methyl/N-ethyl adjacent to an activating group) is 1. The monoisotopic (exact) mass is 357 g/mol. The second-order valence-corrected chi connectivity index (χ2v) is 5.10. The molecule has 1 N–H and O–H groups in total. The fourth-order valence-corrected chi connectivity index (χ4v) is 1.89. The molecule has 2 aromatic rings. The van der Waals surface area contributed by atoms with Crippen molar-refractivity contribution in [3.63, 3.8) is 0 Å². The van der Waals surface area contributed by atoms with Crippen molar-refractivity contribution in [2.45, 2.75) is 13.3 Å².